The fraction of sp³-hybridized carbons (Fsp3) is 0.263. The van der Waals surface area contributed by atoms with Crippen LogP contribution >= 0.6 is 11.8 Å². The van der Waals surface area contributed by atoms with E-state index in [9.17, 15) is 24.8 Å². The topological polar surface area (TPSA) is 113 Å². The van der Waals surface area contributed by atoms with Crippen LogP contribution in [0, 0.1) is 17.0 Å². The van der Waals surface area contributed by atoms with Crippen LogP contribution in [0.4, 0.5) is 21.9 Å². The highest BCUT2D eigenvalue weighted by molar-refractivity contribution is 8.14. The Balaban J connectivity index is 2.00. The molecule has 148 valence electrons. The third-order valence-corrected chi connectivity index (χ3v) is 4.74. The van der Waals surface area contributed by atoms with Crippen LogP contribution in [0.5, 0.6) is 5.75 Å². The van der Waals surface area contributed by atoms with E-state index in [1.807, 2.05) is 38.1 Å². The second-order valence-corrected chi connectivity index (χ2v) is 6.93. The van der Waals surface area contributed by atoms with Crippen molar-refractivity contribution in [2.75, 3.05) is 22.5 Å². The van der Waals surface area contributed by atoms with E-state index in [1.54, 1.807) is 4.90 Å². The van der Waals surface area contributed by atoms with Crippen LogP contribution < -0.4 is 10.2 Å². The maximum Gasteiger partial charge on any atom is 0.286 e. The Morgan fingerprint density at radius 2 is 1.96 bits per heavy atom. The number of nitro groups is 1. The molecule has 9 heteroatoms. The first-order valence-electron chi connectivity index (χ1n) is 8.60. The van der Waals surface area contributed by atoms with Crippen LogP contribution in [-0.2, 0) is 4.79 Å². The third kappa shape index (κ3) is 5.46. The van der Waals surface area contributed by atoms with Gasteiger partial charge in [0.05, 0.1) is 22.4 Å². The molecule has 2 aromatic rings. The molecule has 0 radical (unpaired) electrons. The van der Waals surface area contributed by atoms with Crippen LogP contribution in [0.15, 0.2) is 42.5 Å². The summed E-state index contributed by atoms with van der Waals surface area (Å²) in [6.07, 6.45) is 0.767. The number of phenols is 1. The minimum absolute atomic E-state index is 0.0490. The molecule has 2 rings (SSSR count). The highest BCUT2D eigenvalue weighted by atomic mass is 32.2. The molecule has 28 heavy (non-hydrogen) atoms. The first-order valence-corrected chi connectivity index (χ1v) is 9.59. The molecule has 0 aliphatic heterocycles. The van der Waals surface area contributed by atoms with Crippen molar-refractivity contribution in [2.24, 2.45) is 0 Å². The Morgan fingerprint density at radius 3 is 2.57 bits per heavy atom. The zero-order chi connectivity index (χ0) is 20.7. The number of hydrogen-bond donors (Lipinski definition) is 2. The summed E-state index contributed by atoms with van der Waals surface area (Å²) in [7, 11) is 0. The molecule has 2 N–H and O–H groups in total. The number of non-ortho nitro benzene ring substituents is 1. The van der Waals surface area contributed by atoms with Crippen molar-refractivity contribution in [3.05, 3.63) is 58.1 Å². The van der Waals surface area contributed by atoms with Crippen molar-refractivity contribution in [1.82, 2.24) is 0 Å². The fourth-order valence-electron chi connectivity index (χ4n) is 2.53. The first-order chi connectivity index (χ1) is 13.3. The molecule has 2 amide bonds. The number of carbonyl (C=O) groups excluding carboxylic acids is 2. The smallest absolute Gasteiger partial charge is 0.286 e. The van der Waals surface area contributed by atoms with Crippen LogP contribution in [0.25, 0.3) is 0 Å². The molecule has 0 fully saturated rings. The molecular weight excluding hydrogens is 382 g/mol. The largest absolute Gasteiger partial charge is 0.506 e. The van der Waals surface area contributed by atoms with Crippen LogP contribution in [0.1, 0.15) is 18.9 Å². The van der Waals surface area contributed by atoms with Gasteiger partial charge in [-0.15, -0.1) is 0 Å². The predicted molar refractivity (Wildman–Crippen MR) is 110 cm³/mol. The summed E-state index contributed by atoms with van der Waals surface area (Å²) in [5.41, 5.74) is 1.53. The number of nitrogens with one attached hydrogen (secondary N) is 1. The van der Waals surface area contributed by atoms with Gasteiger partial charge in [-0.2, -0.15) is 0 Å². The molecule has 0 saturated carbocycles. The molecule has 0 unspecified atom stereocenters. The van der Waals surface area contributed by atoms with E-state index >= 15 is 0 Å². The summed E-state index contributed by atoms with van der Waals surface area (Å²) >= 11 is 0.854. The van der Waals surface area contributed by atoms with Crippen molar-refractivity contribution in [2.45, 2.75) is 20.3 Å². The lowest BCUT2D eigenvalue weighted by atomic mass is 10.2. The Hall–Kier alpha value is -3.07. The number of aromatic hydroxyl groups is 1. The van der Waals surface area contributed by atoms with Crippen molar-refractivity contribution < 1.29 is 19.6 Å². The maximum absolute atomic E-state index is 12.6. The Bertz CT molecular complexity index is 888. The van der Waals surface area contributed by atoms with E-state index in [1.165, 1.54) is 12.1 Å². The average Bonchev–Trinajstić information content (AvgIpc) is 2.66. The first kappa shape index (κ1) is 21.2. The normalized spacial score (nSPS) is 10.4. The van der Waals surface area contributed by atoms with Gasteiger partial charge in [0.25, 0.3) is 10.9 Å². The monoisotopic (exact) mass is 403 g/mol. The lowest BCUT2D eigenvalue weighted by Gasteiger charge is -2.23. The summed E-state index contributed by atoms with van der Waals surface area (Å²) in [4.78, 5) is 36.4. The number of carbonyl (C=O) groups is 2. The quantitative estimate of drug-likeness (QED) is 0.404. The number of thioether (sulfide) groups is 1. The van der Waals surface area contributed by atoms with Gasteiger partial charge in [-0.05, 0) is 31.0 Å². The molecule has 0 atom stereocenters. The van der Waals surface area contributed by atoms with Gasteiger partial charge in [0.15, 0.2) is 0 Å². The van der Waals surface area contributed by atoms with Gasteiger partial charge in [0.2, 0.25) is 5.91 Å². The van der Waals surface area contributed by atoms with E-state index in [2.05, 4.69) is 5.32 Å². The number of aryl methyl sites for hydroxylation is 1. The molecule has 2 aromatic carbocycles. The van der Waals surface area contributed by atoms with Gasteiger partial charge in [-0.3, -0.25) is 19.7 Å². The van der Waals surface area contributed by atoms with Crippen LogP contribution in [0.2, 0.25) is 0 Å². The number of phenolic OH excluding ortho intramolecular Hbond substituents is 1. The standard InChI is InChI=1S/C19H21N3O5S/c1-3-10-21(16-7-5-4-6-13(16)2)19(25)28-12-18(24)20-15-9-8-14(22(26)27)11-17(15)23/h4-9,11,23H,3,10,12H2,1-2H3,(H,20,24). The van der Waals surface area contributed by atoms with Gasteiger partial charge in [-0.1, -0.05) is 36.9 Å². The molecule has 0 aliphatic carbocycles. The van der Waals surface area contributed by atoms with Gasteiger partial charge in [0, 0.05) is 18.3 Å². The fourth-order valence-corrected chi connectivity index (χ4v) is 3.20. The van der Waals surface area contributed by atoms with Gasteiger partial charge < -0.3 is 15.3 Å². The number of benzene rings is 2. The van der Waals surface area contributed by atoms with E-state index in [-0.39, 0.29) is 22.4 Å². The molecule has 0 saturated heterocycles. The SMILES string of the molecule is CCCN(C(=O)SCC(=O)Nc1ccc([N+](=O)[O-])cc1O)c1ccccc1C. The second-order valence-electron chi connectivity index (χ2n) is 6.00. The van der Waals surface area contributed by atoms with Crippen LogP contribution in [0.3, 0.4) is 0 Å². The van der Waals surface area contributed by atoms with Crippen molar-refractivity contribution in [1.29, 1.82) is 0 Å². The van der Waals surface area contributed by atoms with Crippen molar-refractivity contribution >= 4 is 40.0 Å². The number of anilines is 2. The second kappa shape index (κ2) is 9.75. The van der Waals surface area contributed by atoms with Crippen molar-refractivity contribution in [3.8, 4) is 5.75 Å². The molecule has 0 heterocycles. The summed E-state index contributed by atoms with van der Waals surface area (Å²) in [6.45, 7) is 4.41. The number of amides is 2. The minimum Gasteiger partial charge on any atom is -0.506 e. The molecule has 8 nitrogen and oxygen atoms in total. The third-order valence-electron chi connectivity index (χ3n) is 3.87. The zero-order valence-electron chi connectivity index (χ0n) is 15.5. The molecule has 0 bridgehead atoms. The number of nitrogens with zero attached hydrogens (tertiary/aromatic N) is 2. The highest BCUT2D eigenvalue weighted by Crippen LogP contribution is 2.28. The van der Waals surface area contributed by atoms with Gasteiger partial charge in [0.1, 0.15) is 5.75 Å². The summed E-state index contributed by atoms with van der Waals surface area (Å²) in [6, 6.07) is 10.9. The molecule has 0 spiro atoms. The maximum atomic E-state index is 12.6. The average molecular weight is 403 g/mol. The summed E-state index contributed by atoms with van der Waals surface area (Å²) in [5, 5.41) is 22.7. The Kier molecular flexibility index (Phi) is 7.39. The van der Waals surface area contributed by atoms with Gasteiger partial charge in [-0.25, -0.2) is 0 Å². The van der Waals surface area contributed by atoms with Gasteiger partial charge >= 0.3 is 0 Å². The molecule has 0 aliphatic rings. The minimum atomic E-state index is -0.645. The van der Waals surface area contributed by atoms with E-state index in [0.717, 1.165) is 35.5 Å². The number of hydrogen-bond acceptors (Lipinski definition) is 6. The summed E-state index contributed by atoms with van der Waals surface area (Å²) < 4.78 is 0. The highest BCUT2D eigenvalue weighted by Gasteiger charge is 2.19. The predicted octanol–water partition coefficient (Wildman–Crippen LogP) is 4.32. The van der Waals surface area contributed by atoms with Crippen molar-refractivity contribution in [3.63, 3.8) is 0 Å². The summed E-state index contributed by atoms with van der Waals surface area (Å²) in [5.74, 6) is -1.06. The van der Waals surface area contributed by atoms with E-state index in [4.69, 9.17) is 0 Å². The number of para-hydroxylation sites is 1. The Labute approximate surface area is 166 Å². The lowest BCUT2D eigenvalue weighted by Crippen LogP contribution is -2.30. The van der Waals surface area contributed by atoms with Crippen LogP contribution in [-0.4, -0.2) is 33.5 Å². The molecule has 0 aromatic heterocycles. The van der Waals surface area contributed by atoms with E-state index < -0.39 is 16.6 Å². The number of rotatable bonds is 7. The number of nitro benzene ring substituents is 1. The van der Waals surface area contributed by atoms with E-state index in [0.29, 0.717) is 6.54 Å². The lowest BCUT2D eigenvalue weighted by molar-refractivity contribution is -0.384. The Morgan fingerprint density at radius 1 is 1.25 bits per heavy atom. The molecular formula is C19H21N3O5S. The zero-order valence-corrected chi connectivity index (χ0v) is 16.4.